The Labute approximate surface area is 160 Å². The lowest BCUT2D eigenvalue weighted by Gasteiger charge is -2.30. The van der Waals surface area contributed by atoms with Crippen LogP contribution in [0.1, 0.15) is 25.3 Å². The van der Waals surface area contributed by atoms with E-state index in [1.54, 1.807) is 0 Å². The van der Waals surface area contributed by atoms with Gasteiger partial charge in [-0.1, -0.05) is 30.3 Å². The van der Waals surface area contributed by atoms with Crippen molar-refractivity contribution < 1.29 is 32.6 Å². The largest absolute Gasteiger partial charge is 0.490 e. The highest BCUT2D eigenvalue weighted by atomic mass is 19.4. The van der Waals surface area contributed by atoms with Gasteiger partial charge in [0.25, 0.3) is 0 Å². The van der Waals surface area contributed by atoms with Crippen LogP contribution < -0.4 is 5.32 Å². The highest BCUT2D eigenvalue weighted by Gasteiger charge is 2.42. The quantitative estimate of drug-likeness (QED) is 0.813. The summed E-state index contributed by atoms with van der Waals surface area (Å²) in [6.07, 6.45) is -3.49. The van der Waals surface area contributed by atoms with E-state index in [0.717, 1.165) is 43.9 Å². The van der Waals surface area contributed by atoms with E-state index >= 15 is 0 Å². The number of carboxylic acids is 1. The number of alkyl carbamates (subject to hydrolysis) is 1. The maximum atomic E-state index is 12.0. The summed E-state index contributed by atoms with van der Waals surface area (Å²) in [5, 5.41) is 10.1. The van der Waals surface area contributed by atoms with Crippen LogP contribution in [0.2, 0.25) is 0 Å². The van der Waals surface area contributed by atoms with Gasteiger partial charge in [-0.2, -0.15) is 13.2 Å². The number of carboxylic acid groups (broad SMARTS) is 1. The predicted octanol–water partition coefficient (Wildman–Crippen LogP) is 2.81. The number of ether oxygens (including phenoxy) is 1. The molecule has 1 aromatic carbocycles. The molecule has 2 aliphatic heterocycles. The molecule has 7 nitrogen and oxygen atoms in total. The third-order valence-electron chi connectivity index (χ3n) is 4.36. The number of carbonyl (C=O) groups excluding carboxylic acids is 1. The molecule has 0 radical (unpaired) electrons. The van der Waals surface area contributed by atoms with E-state index in [2.05, 4.69) is 15.2 Å². The van der Waals surface area contributed by atoms with Gasteiger partial charge < -0.3 is 20.1 Å². The van der Waals surface area contributed by atoms with Crippen LogP contribution >= 0.6 is 0 Å². The molecule has 1 saturated heterocycles. The number of alkyl halides is 3. The fraction of sp³-hybridized carbons (Fsp3) is 0.500. The SMILES string of the molecule is C[C@@]1(NC(=O)OCc2ccccc2)CCN2CCCN=C21.O=C(O)C(F)(F)F. The molecule has 1 aromatic rings. The fourth-order valence-electron chi connectivity index (χ4n) is 2.97. The lowest BCUT2D eigenvalue weighted by Crippen LogP contribution is -2.53. The zero-order valence-corrected chi connectivity index (χ0v) is 15.3. The van der Waals surface area contributed by atoms with Crippen molar-refractivity contribution in [2.45, 2.75) is 38.1 Å². The number of carbonyl (C=O) groups is 2. The highest BCUT2D eigenvalue weighted by Crippen LogP contribution is 2.26. The third kappa shape index (κ3) is 5.86. The predicted molar refractivity (Wildman–Crippen MR) is 95.0 cm³/mol. The molecule has 1 atom stereocenters. The van der Waals surface area contributed by atoms with Gasteiger partial charge in [0, 0.05) is 19.6 Å². The molecule has 0 unspecified atom stereocenters. The van der Waals surface area contributed by atoms with Crippen molar-refractivity contribution in [2.75, 3.05) is 19.6 Å². The Hall–Kier alpha value is -2.78. The molecular formula is C18H22F3N3O4. The molecule has 28 heavy (non-hydrogen) atoms. The monoisotopic (exact) mass is 401 g/mol. The van der Waals surface area contributed by atoms with E-state index in [1.165, 1.54) is 0 Å². The second kappa shape index (κ2) is 8.94. The number of hydrogen-bond donors (Lipinski definition) is 2. The summed E-state index contributed by atoms with van der Waals surface area (Å²) in [7, 11) is 0. The van der Waals surface area contributed by atoms with Gasteiger partial charge in [0.1, 0.15) is 12.4 Å². The number of aliphatic imine (C=N–C) groups is 1. The van der Waals surface area contributed by atoms with Gasteiger partial charge in [0.15, 0.2) is 0 Å². The zero-order valence-electron chi connectivity index (χ0n) is 15.3. The molecule has 0 spiro atoms. The minimum absolute atomic E-state index is 0.291. The number of amidine groups is 1. The number of aliphatic carboxylic acids is 1. The van der Waals surface area contributed by atoms with Crippen molar-refractivity contribution in [2.24, 2.45) is 4.99 Å². The van der Waals surface area contributed by atoms with E-state index in [4.69, 9.17) is 14.6 Å². The standard InChI is InChI=1S/C16H21N3O2.C2HF3O2/c1-16(8-11-19-10-5-9-17-14(16)19)18-15(20)21-12-13-6-3-2-4-7-13;3-2(4,5)1(6)7/h2-4,6-7H,5,8-12H2,1H3,(H,18,20);(H,6,7)/t16-;/m1./s1. The van der Waals surface area contributed by atoms with Crippen LogP contribution in [0.3, 0.4) is 0 Å². The van der Waals surface area contributed by atoms with Crippen LogP contribution in [-0.2, 0) is 16.1 Å². The van der Waals surface area contributed by atoms with Crippen LogP contribution in [0.5, 0.6) is 0 Å². The van der Waals surface area contributed by atoms with Crippen molar-refractivity contribution in [3.63, 3.8) is 0 Å². The molecule has 0 aliphatic carbocycles. The maximum absolute atomic E-state index is 12.0. The molecular weight excluding hydrogens is 379 g/mol. The maximum Gasteiger partial charge on any atom is 0.490 e. The normalized spacial score (nSPS) is 21.0. The summed E-state index contributed by atoms with van der Waals surface area (Å²) in [6, 6.07) is 9.70. The first-order chi connectivity index (χ1) is 13.1. The first-order valence-electron chi connectivity index (χ1n) is 8.71. The summed E-state index contributed by atoms with van der Waals surface area (Å²) in [4.78, 5) is 27.8. The van der Waals surface area contributed by atoms with Gasteiger partial charge in [-0.15, -0.1) is 0 Å². The molecule has 2 N–H and O–H groups in total. The highest BCUT2D eigenvalue weighted by molar-refractivity contribution is 5.96. The zero-order chi connectivity index (χ0) is 20.8. The van der Waals surface area contributed by atoms with E-state index < -0.39 is 17.7 Å². The average Bonchev–Trinajstić information content (AvgIpc) is 2.98. The number of fused-ring (bicyclic) bond motifs is 1. The number of rotatable bonds is 3. The fourth-order valence-corrected chi connectivity index (χ4v) is 2.97. The lowest BCUT2D eigenvalue weighted by atomic mass is 10.00. The van der Waals surface area contributed by atoms with Crippen molar-refractivity contribution >= 4 is 17.9 Å². The van der Waals surface area contributed by atoms with Crippen molar-refractivity contribution in [3.05, 3.63) is 35.9 Å². The molecule has 0 bridgehead atoms. The molecule has 1 fully saturated rings. The molecule has 2 aliphatic rings. The van der Waals surface area contributed by atoms with Crippen LogP contribution in [-0.4, -0.2) is 59.3 Å². The molecule has 10 heteroatoms. The molecule has 2 heterocycles. The van der Waals surface area contributed by atoms with Crippen molar-refractivity contribution in [1.82, 2.24) is 10.2 Å². The molecule has 0 saturated carbocycles. The summed E-state index contributed by atoms with van der Waals surface area (Å²) in [5.41, 5.74) is 0.592. The van der Waals surface area contributed by atoms with Crippen molar-refractivity contribution in [1.29, 1.82) is 0 Å². The Bertz CT molecular complexity index is 725. The third-order valence-corrected chi connectivity index (χ3v) is 4.36. The van der Waals surface area contributed by atoms with Gasteiger partial charge in [0.2, 0.25) is 0 Å². The van der Waals surface area contributed by atoms with Gasteiger partial charge >= 0.3 is 18.2 Å². The van der Waals surface area contributed by atoms with Gasteiger partial charge in [-0.05, 0) is 25.3 Å². The van der Waals surface area contributed by atoms with Crippen LogP contribution in [0, 0.1) is 0 Å². The minimum Gasteiger partial charge on any atom is -0.475 e. The second-order valence-corrected chi connectivity index (χ2v) is 6.62. The van der Waals surface area contributed by atoms with E-state index in [9.17, 15) is 18.0 Å². The topological polar surface area (TPSA) is 91.2 Å². The molecule has 3 rings (SSSR count). The summed E-state index contributed by atoms with van der Waals surface area (Å²) in [6.45, 7) is 5.16. The average molecular weight is 401 g/mol. The Morgan fingerprint density at radius 2 is 1.93 bits per heavy atom. The number of amides is 1. The van der Waals surface area contributed by atoms with E-state index in [-0.39, 0.29) is 6.09 Å². The molecule has 0 aromatic heterocycles. The number of benzene rings is 1. The first-order valence-corrected chi connectivity index (χ1v) is 8.71. The molecule has 1 amide bonds. The Morgan fingerprint density at radius 3 is 2.54 bits per heavy atom. The van der Waals surface area contributed by atoms with E-state index in [0.29, 0.717) is 6.61 Å². The Morgan fingerprint density at radius 1 is 1.29 bits per heavy atom. The first kappa shape index (κ1) is 21.5. The Balaban J connectivity index is 0.000000345. The lowest BCUT2D eigenvalue weighted by molar-refractivity contribution is -0.192. The minimum atomic E-state index is -5.08. The van der Waals surface area contributed by atoms with Gasteiger partial charge in [-0.3, -0.25) is 4.99 Å². The van der Waals surface area contributed by atoms with Gasteiger partial charge in [-0.25, -0.2) is 9.59 Å². The summed E-state index contributed by atoms with van der Waals surface area (Å²) >= 11 is 0. The van der Waals surface area contributed by atoms with Gasteiger partial charge in [0.05, 0.1) is 5.54 Å². The van der Waals surface area contributed by atoms with Crippen LogP contribution in [0.15, 0.2) is 35.3 Å². The van der Waals surface area contributed by atoms with Crippen LogP contribution in [0.25, 0.3) is 0 Å². The molecule has 154 valence electrons. The smallest absolute Gasteiger partial charge is 0.475 e. The second-order valence-electron chi connectivity index (χ2n) is 6.62. The number of halogens is 3. The number of nitrogens with one attached hydrogen (secondary N) is 1. The Kier molecular flexibility index (Phi) is 6.87. The summed E-state index contributed by atoms with van der Waals surface area (Å²) < 4.78 is 37.0. The summed E-state index contributed by atoms with van der Waals surface area (Å²) in [5.74, 6) is -1.75. The number of hydrogen-bond acceptors (Lipinski definition) is 5. The van der Waals surface area contributed by atoms with Crippen molar-refractivity contribution in [3.8, 4) is 0 Å². The number of nitrogens with zero attached hydrogens (tertiary/aromatic N) is 2. The van der Waals surface area contributed by atoms with Crippen LogP contribution in [0.4, 0.5) is 18.0 Å². The van der Waals surface area contributed by atoms with E-state index in [1.807, 2.05) is 37.3 Å².